The van der Waals surface area contributed by atoms with Crippen LogP contribution in [0.15, 0.2) is 23.2 Å². The lowest BCUT2D eigenvalue weighted by Crippen LogP contribution is -2.32. The lowest BCUT2D eigenvalue weighted by Gasteiger charge is -2.25. The topological polar surface area (TPSA) is 43.8 Å². The van der Waals surface area contributed by atoms with Gasteiger partial charge in [-0.15, -0.1) is 0 Å². The van der Waals surface area contributed by atoms with Crippen LogP contribution in [0.1, 0.15) is 36.3 Å². The van der Waals surface area contributed by atoms with Crippen molar-refractivity contribution in [3.8, 4) is 0 Å². The van der Waals surface area contributed by atoms with Gasteiger partial charge < -0.3 is 10.3 Å². The minimum atomic E-state index is 0.122. The predicted octanol–water partition coefficient (Wildman–Crippen LogP) is 2.89. The molecule has 2 heterocycles. The number of imidazole rings is 1. The molecule has 0 aromatic carbocycles. The highest BCUT2D eigenvalue weighted by Crippen LogP contribution is 2.26. The molecular formula is C13H19N3S. The molecule has 0 fully saturated rings. The number of aryl methyl sites for hydroxylation is 1. The number of thiophene rings is 1. The molecule has 2 rings (SSSR count). The fraction of sp³-hybridized carbons (Fsp3) is 0.462. The first-order chi connectivity index (χ1) is 8.15. The molecule has 0 saturated carbocycles. The smallest absolute Gasteiger partial charge is 0.0957 e. The Bertz CT molecular complexity index is 473. The Morgan fingerprint density at radius 3 is 2.71 bits per heavy atom. The van der Waals surface area contributed by atoms with Crippen LogP contribution in [0.4, 0.5) is 0 Å². The molecule has 2 aromatic heterocycles. The summed E-state index contributed by atoms with van der Waals surface area (Å²) >= 11 is 1.71. The van der Waals surface area contributed by atoms with E-state index >= 15 is 0 Å². The summed E-state index contributed by atoms with van der Waals surface area (Å²) < 4.78 is 2.20. The number of aromatic nitrogens is 2. The number of rotatable bonds is 4. The Balaban J connectivity index is 2.44. The molecule has 4 heteroatoms. The first-order valence-electron chi connectivity index (χ1n) is 5.92. The van der Waals surface area contributed by atoms with Crippen molar-refractivity contribution in [2.45, 2.75) is 39.3 Å². The Kier molecular flexibility index (Phi) is 3.64. The van der Waals surface area contributed by atoms with E-state index in [1.165, 1.54) is 11.3 Å². The summed E-state index contributed by atoms with van der Waals surface area (Å²) in [7, 11) is 0. The van der Waals surface area contributed by atoms with Crippen LogP contribution < -0.4 is 5.73 Å². The monoisotopic (exact) mass is 249 g/mol. The van der Waals surface area contributed by atoms with Crippen LogP contribution >= 0.6 is 11.3 Å². The first-order valence-corrected chi connectivity index (χ1v) is 6.87. The van der Waals surface area contributed by atoms with Crippen LogP contribution in [0.5, 0.6) is 0 Å². The zero-order chi connectivity index (χ0) is 12.4. The summed E-state index contributed by atoms with van der Waals surface area (Å²) in [6.07, 6.45) is 2.86. The average molecular weight is 249 g/mol. The Hall–Kier alpha value is -1.13. The molecule has 2 aromatic rings. The van der Waals surface area contributed by atoms with Crippen LogP contribution in [0, 0.1) is 13.8 Å². The Morgan fingerprint density at radius 1 is 1.47 bits per heavy atom. The van der Waals surface area contributed by atoms with E-state index in [4.69, 9.17) is 5.73 Å². The molecule has 0 saturated heterocycles. The standard InChI is InChI=1S/C13H19N3S/c1-4-12(14)13(11-5-6-17-7-11)16-8-15-9(2)10(16)3/h5-8,12-13H,4,14H2,1-3H3. The van der Waals surface area contributed by atoms with Crippen LogP contribution in [0.2, 0.25) is 0 Å². The minimum Gasteiger partial charge on any atom is -0.326 e. The minimum absolute atomic E-state index is 0.122. The fourth-order valence-electron chi connectivity index (χ4n) is 2.08. The fourth-order valence-corrected chi connectivity index (χ4v) is 2.77. The Labute approximate surface area is 106 Å². The molecule has 17 heavy (non-hydrogen) atoms. The summed E-state index contributed by atoms with van der Waals surface area (Å²) in [5.41, 5.74) is 9.83. The summed E-state index contributed by atoms with van der Waals surface area (Å²) in [6, 6.07) is 2.48. The normalized spacial score (nSPS) is 14.8. The van der Waals surface area contributed by atoms with Gasteiger partial charge >= 0.3 is 0 Å². The quantitative estimate of drug-likeness (QED) is 0.905. The van der Waals surface area contributed by atoms with Gasteiger partial charge in [-0.05, 0) is 42.7 Å². The molecule has 2 atom stereocenters. The second-order valence-corrected chi connectivity index (χ2v) is 5.18. The zero-order valence-corrected chi connectivity index (χ0v) is 11.4. The van der Waals surface area contributed by atoms with Crippen molar-refractivity contribution in [3.05, 3.63) is 40.1 Å². The summed E-state index contributed by atoms with van der Waals surface area (Å²) in [5.74, 6) is 0. The maximum absolute atomic E-state index is 6.27. The van der Waals surface area contributed by atoms with E-state index in [1.807, 2.05) is 13.3 Å². The van der Waals surface area contributed by atoms with Gasteiger partial charge in [-0.3, -0.25) is 0 Å². The predicted molar refractivity (Wildman–Crippen MR) is 72.4 cm³/mol. The van der Waals surface area contributed by atoms with Crippen LogP contribution in [-0.4, -0.2) is 15.6 Å². The van der Waals surface area contributed by atoms with Crippen molar-refractivity contribution in [1.29, 1.82) is 0 Å². The van der Waals surface area contributed by atoms with Crippen LogP contribution in [0.25, 0.3) is 0 Å². The molecule has 0 amide bonds. The van der Waals surface area contributed by atoms with E-state index < -0.39 is 0 Å². The number of hydrogen-bond donors (Lipinski definition) is 1. The highest BCUT2D eigenvalue weighted by atomic mass is 32.1. The van der Waals surface area contributed by atoms with Crippen LogP contribution in [0.3, 0.4) is 0 Å². The zero-order valence-electron chi connectivity index (χ0n) is 10.6. The van der Waals surface area contributed by atoms with E-state index in [-0.39, 0.29) is 12.1 Å². The van der Waals surface area contributed by atoms with E-state index in [0.717, 1.165) is 12.1 Å². The molecule has 2 unspecified atom stereocenters. The van der Waals surface area contributed by atoms with Gasteiger partial charge in [-0.1, -0.05) is 6.92 Å². The molecule has 92 valence electrons. The average Bonchev–Trinajstić information content (AvgIpc) is 2.94. The van der Waals surface area contributed by atoms with Crippen molar-refractivity contribution < 1.29 is 0 Å². The Morgan fingerprint density at radius 2 is 2.24 bits per heavy atom. The van der Waals surface area contributed by atoms with Crippen molar-refractivity contribution in [2.75, 3.05) is 0 Å². The summed E-state index contributed by atoms with van der Waals surface area (Å²) in [4.78, 5) is 4.37. The van der Waals surface area contributed by atoms with Crippen molar-refractivity contribution >= 4 is 11.3 Å². The van der Waals surface area contributed by atoms with E-state index in [9.17, 15) is 0 Å². The SMILES string of the molecule is CCC(N)C(c1ccsc1)n1cnc(C)c1C. The van der Waals surface area contributed by atoms with E-state index in [2.05, 4.69) is 40.2 Å². The molecule has 0 aliphatic heterocycles. The largest absolute Gasteiger partial charge is 0.326 e. The number of nitrogens with two attached hydrogens (primary N) is 1. The molecule has 0 bridgehead atoms. The lowest BCUT2D eigenvalue weighted by molar-refractivity contribution is 0.453. The highest BCUT2D eigenvalue weighted by molar-refractivity contribution is 7.07. The van der Waals surface area contributed by atoms with Crippen molar-refractivity contribution in [2.24, 2.45) is 5.73 Å². The summed E-state index contributed by atoms with van der Waals surface area (Å²) in [6.45, 7) is 6.27. The third-order valence-corrected chi connectivity index (χ3v) is 4.05. The third kappa shape index (κ3) is 2.28. The van der Waals surface area contributed by atoms with Gasteiger partial charge in [0.15, 0.2) is 0 Å². The molecule has 0 aliphatic rings. The van der Waals surface area contributed by atoms with Crippen molar-refractivity contribution in [3.63, 3.8) is 0 Å². The molecule has 0 radical (unpaired) electrons. The van der Waals surface area contributed by atoms with E-state index in [1.54, 1.807) is 11.3 Å². The summed E-state index contributed by atoms with van der Waals surface area (Å²) in [5, 5.41) is 4.28. The van der Waals surface area contributed by atoms with Gasteiger partial charge in [0.25, 0.3) is 0 Å². The molecule has 0 aliphatic carbocycles. The third-order valence-electron chi connectivity index (χ3n) is 3.35. The number of hydrogen-bond acceptors (Lipinski definition) is 3. The van der Waals surface area contributed by atoms with Gasteiger partial charge in [-0.25, -0.2) is 4.98 Å². The molecule has 3 nitrogen and oxygen atoms in total. The van der Waals surface area contributed by atoms with Gasteiger partial charge in [0.1, 0.15) is 0 Å². The van der Waals surface area contributed by atoms with Gasteiger partial charge in [0, 0.05) is 11.7 Å². The second-order valence-electron chi connectivity index (χ2n) is 4.40. The van der Waals surface area contributed by atoms with Crippen molar-refractivity contribution in [1.82, 2.24) is 9.55 Å². The molecular weight excluding hydrogens is 230 g/mol. The molecule has 0 spiro atoms. The maximum atomic E-state index is 6.27. The van der Waals surface area contributed by atoms with Gasteiger partial charge in [-0.2, -0.15) is 11.3 Å². The van der Waals surface area contributed by atoms with Gasteiger partial charge in [0.05, 0.1) is 18.1 Å². The molecule has 2 N–H and O–H groups in total. The first kappa shape index (κ1) is 12.3. The van der Waals surface area contributed by atoms with E-state index in [0.29, 0.717) is 0 Å². The lowest BCUT2D eigenvalue weighted by atomic mass is 10.00. The second kappa shape index (κ2) is 5.02. The number of nitrogens with zero attached hydrogens (tertiary/aromatic N) is 2. The highest BCUT2D eigenvalue weighted by Gasteiger charge is 2.22. The maximum Gasteiger partial charge on any atom is 0.0957 e. The van der Waals surface area contributed by atoms with Gasteiger partial charge in [0.2, 0.25) is 0 Å². The van der Waals surface area contributed by atoms with Crippen LogP contribution in [-0.2, 0) is 0 Å².